The number of carbonyl (C=O) groups excluding carboxylic acids is 2. The Balaban J connectivity index is 3.30. The molecule has 0 saturated heterocycles. The summed E-state index contributed by atoms with van der Waals surface area (Å²) in [5.41, 5.74) is 0.924. The molecule has 0 radical (unpaired) electrons. The molecule has 0 aliphatic heterocycles. The van der Waals surface area contributed by atoms with Crippen molar-refractivity contribution in [3.63, 3.8) is 0 Å². The van der Waals surface area contributed by atoms with Crippen LogP contribution in [0, 0.1) is 10.1 Å². The third-order valence-electron chi connectivity index (χ3n) is 3.01. The van der Waals surface area contributed by atoms with E-state index in [1.165, 1.54) is 27.7 Å². The first-order valence-corrected chi connectivity index (χ1v) is 8.32. The second-order valence-electron chi connectivity index (χ2n) is 6.21. The zero-order chi connectivity index (χ0) is 22.4. The summed E-state index contributed by atoms with van der Waals surface area (Å²) >= 11 is 0. The van der Waals surface area contributed by atoms with E-state index in [1.54, 1.807) is 0 Å². The van der Waals surface area contributed by atoms with E-state index in [0.717, 1.165) is 30.3 Å². The summed E-state index contributed by atoms with van der Waals surface area (Å²) < 4.78 is 47.6. The van der Waals surface area contributed by atoms with E-state index >= 15 is 0 Å². The van der Waals surface area contributed by atoms with Crippen molar-refractivity contribution >= 4 is 18.3 Å². The van der Waals surface area contributed by atoms with Crippen molar-refractivity contribution in [2.75, 3.05) is 0 Å². The van der Waals surface area contributed by atoms with Gasteiger partial charge in [-0.2, -0.15) is 18.0 Å². The molecule has 0 aliphatic rings. The largest absolute Gasteiger partial charge is 0.532 e. The SMILES string of the molecule is CC(C)OC(=O)NN(C(=O)OC(C)C)/C(=C\c1ccc(C(F)(F)F)cc1)[N+](=O)[O-]. The molecular weight excluding hydrogens is 399 g/mol. The number of nitrogens with one attached hydrogen (secondary N) is 1. The molecule has 1 N–H and O–H groups in total. The van der Waals surface area contributed by atoms with Crippen molar-refractivity contribution < 1.29 is 37.2 Å². The molecule has 0 aromatic heterocycles. The fraction of sp³-hybridized carbons (Fsp3) is 0.412. The van der Waals surface area contributed by atoms with E-state index in [0.29, 0.717) is 0 Å². The molecule has 0 saturated carbocycles. The Morgan fingerprint density at radius 2 is 1.62 bits per heavy atom. The first-order valence-electron chi connectivity index (χ1n) is 8.32. The number of alkyl halides is 3. The maximum atomic E-state index is 12.7. The number of benzene rings is 1. The Morgan fingerprint density at radius 3 is 2.03 bits per heavy atom. The molecule has 29 heavy (non-hydrogen) atoms. The molecule has 1 aromatic rings. The summed E-state index contributed by atoms with van der Waals surface area (Å²) in [5, 5.41) is 11.7. The molecule has 0 unspecified atom stereocenters. The predicted molar refractivity (Wildman–Crippen MR) is 94.6 cm³/mol. The van der Waals surface area contributed by atoms with Gasteiger partial charge in [0.15, 0.2) is 0 Å². The number of hydrazine groups is 1. The lowest BCUT2D eigenvalue weighted by Gasteiger charge is -2.18. The van der Waals surface area contributed by atoms with E-state index in [9.17, 15) is 32.9 Å². The minimum Gasteiger partial charge on any atom is -0.445 e. The van der Waals surface area contributed by atoms with Gasteiger partial charge in [0, 0.05) is 6.08 Å². The molecule has 2 amide bonds. The van der Waals surface area contributed by atoms with Gasteiger partial charge in [0.1, 0.15) is 6.10 Å². The van der Waals surface area contributed by atoms with Gasteiger partial charge in [0.2, 0.25) is 0 Å². The maximum absolute atomic E-state index is 12.7. The normalized spacial score (nSPS) is 12.0. The number of ether oxygens (including phenoxy) is 2. The van der Waals surface area contributed by atoms with Gasteiger partial charge in [0.25, 0.3) is 0 Å². The van der Waals surface area contributed by atoms with Crippen LogP contribution in [-0.4, -0.2) is 34.3 Å². The van der Waals surface area contributed by atoms with Crippen molar-refractivity contribution in [3.05, 3.63) is 51.3 Å². The third-order valence-corrected chi connectivity index (χ3v) is 3.01. The number of carbonyl (C=O) groups is 2. The third kappa shape index (κ3) is 7.68. The zero-order valence-electron chi connectivity index (χ0n) is 16.0. The van der Waals surface area contributed by atoms with Crippen LogP contribution in [0.1, 0.15) is 38.8 Å². The van der Waals surface area contributed by atoms with E-state index < -0.39 is 46.9 Å². The summed E-state index contributed by atoms with van der Waals surface area (Å²) in [6.07, 6.45) is -7.49. The maximum Gasteiger partial charge on any atom is 0.532 e. The second-order valence-corrected chi connectivity index (χ2v) is 6.21. The highest BCUT2D eigenvalue weighted by Gasteiger charge is 2.35. The summed E-state index contributed by atoms with van der Waals surface area (Å²) in [4.78, 5) is 34.5. The smallest absolute Gasteiger partial charge is 0.445 e. The van der Waals surface area contributed by atoms with Gasteiger partial charge in [-0.3, -0.25) is 0 Å². The predicted octanol–water partition coefficient (Wildman–Crippen LogP) is 4.18. The summed E-state index contributed by atoms with van der Waals surface area (Å²) in [6, 6.07) is 3.40. The summed E-state index contributed by atoms with van der Waals surface area (Å²) in [7, 11) is 0. The minimum atomic E-state index is -4.58. The Morgan fingerprint density at radius 1 is 1.10 bits per heavy atom. The van der Waals surface area contributed by atoms with Crippen LogP contribution in [0.3, 0.4) is 0 Å². The van der Waals surface area contributed by atoms with Crippen molar-refractivity contribution in [1.82, 2.24) is 10.4 Å². The zero-order valence-corrected chi connectivity index (χ0v) is 16.0. The molecule has 1 aromatic carbocycles. The van der Waals surface area contributed by atoms with E-state index in [4.69, 9.17) is 9.47 Å². The standard InChI is InChI=1S/C17H20F3N3O6/c1-10(2)28-15(24)21-22(16(25)29-11(3)4)14(23(26)27)9-12-5-7-13(8-6-12)17(18,19)20/h5-11H,1-4H3,(H,21,24)/b14-9+. The number of halogens is 3. The average molecular weight is 419 g/mol. The molecule has 0 atom stereocenters. The fourth-order valence-corrected chi connectivity index (χ4v) is 1.90. The number of hydrogen-bond acceptors (Lipinski definition) is 6. The topological polar surface area (TPSA) is 111 Å². The number of nitro groups is 1. The van der Waals surface area contributed by atoms with E-state index in [2.05, 4.69) is 0 Å². The molecule has 0 heterocycles. The Hall–Kier alpha value is -3.31. The molecule has 0 bridgehead atoms. The van der Waals surface area contributed by atoms with Gasteiger partial charge in [-0.1, -0.05) is 12.1 Å². The van der Waals surface area contributed by atoms with Crippen LogP contribution in [-0.2, 0) is 15.7 Å². The highest BCUT2D eigenvalue weighted by atomic mass is 19.4. The quantitative estimate of drug-likeness (QED) is 0.566. The minimum absolute atomic E-state index is 0.0222. The molecular formula is C17H20F3N3O6. The van der Waals surface area contributed by atoms with Crippen molar-refractivity contribution in [2.24, 2.45) is 0 Å². The monoisotopic (exact) mass is 419 g/mol. The van der Waals surface area contributed by atoms with Crippen LogP contribution < -0.4 is 5.43 Å². The molecule has 9 nitrogen and oxygen atoms in total. The molecule has 1 rings (SSSR count). The average Bonchev–Trinajstić information content (AvgIpc) is 2.56. The number of rotatable bonds is 5. The molecule has 0 fully saturated rings. The number of nitrogens with zero attached hydrogens (tertiary/aromatic N) is 2. The molecule has 0 spiro atoms. The van der Waals surface area contributed by atoms with Gasteiger partial charge in [0.05, 0.1) is 11.7 Å². The van der Waals surface area contributed by atoms with Crippen molar-refractivity contribution in [3.8, 4) is 0 Å². The Labute approximate surface area is 164 Å². The van der Waals surface area contributed by atoms with Crippen molar-refractivity contribution in [1.29, 1.82) is 0 Å². The van der Waals surface area contributed by atoms with Gasteiger partial charge < -0.3 is 19.6 Å². The van der Waals surface area contributed by atoms with Crippen LogP contribution >= 0.6 is 0 Å². The van der Waals surface area contributed by atoms with Gasteiger partial charge >= 0.3 is 24.2 Å². The molecule has 0 aliphatic carbocycles. The summed E-state index contributed by atoms with van der Waals surface area (Å²) in [6.45, 7) is 5.99. The van der Waals surface area contributed by atoms with E-state index in [-0.39, 0.29) is 10.6 Å². The molecule has 160 valence electrons. The van der Waals surface area contributed by atoms with Crippen LogP contribution in [0.25, 0.3) is 6.08 Å². The lowest BCUT2D eigenvalue weighted by atomic mass is 10.1. The number of amides is 2. The fourth-order valence-electron chi connectivity index (χ4n) is 1.90. The van der Waals surface area contributed by atoms with Gasteiger partial charge in [-0.05, 0) is 55.3 Å². The lowest BCUT2D eigenvalue weighted by Crippen LogP contribution is -2.48. The Bertz CT molecular complexity index is 776. The highest BCUT2D eigenvalue weighted by Crippen LogP contribution is 2.29. The van der Waals surface area contributed by atoms with Crippen LogP contribution in [0.4, 0.5) is 22.8 Å². The first kappa shape index (κ1) is 23.7. The van der Waals surface area contributed by atoms with Crippen LogP contribution in [0.5, 0.6) is 0 Å². The molecule has 12 heteroatoms. The van der Waals surface area contributed by atoms with Crippen LogP contribution in [0.2, 0.25) is 0 Å². The van der Waals surface area contributed by atoms with Crippen molar-refractivity contribution in [2.45, 2.75) is 46.1 Å². The lowest BCUT2D eigenvalue weighted by molar-refractivity contribution is -0.443. The first-order chi connectivity index (χ1) is 13.3. The Kier molecular flexibility index (Phi) is 7.98. The van der Waals surface area contributed by atoms with Gasteiger partial charge in [-0.15, -0.1) is 5.43 Å². The van der Waals surface area contributed by atoms with Gasteiger partial charge in [-0.25, -0.2) is 4.79 Å². The highest BCUT2D eigenvalue weighted by molar-refractivity contribution is 5.76. The summed E-state index contributed by atoms with van der Waals surface area (Å²) in [5.74, 6) is -0.962. The van der Waals surface area contributed by atoms with Crippen LogP contribution in [0.15, 0.2) is 30.1 Å². The number of hydrogen-bond donors (Lipinski definition) is 1. The van der Waals surface area contributed by atoms with E-state index in [1.807, 2.05) is 5.43 Å². The second kappa shape index (κ2) is 9.75.